The summed E-state index contributed by atoms with van der Waals surface area (Å²) >= 11 is 0. The van der Waals surface area contributed by atoms with Gasteiger partial charge in [-0.15, -0.1) is 0 Å². The van der Waals surface area contributed by atoms with Crippen molar-refractivity contribution in [3.05, 3.63) is 0 Å². The minimum absolute atomic E-state index is 0.00149. The van der Waals surface area contributed by atoms with Crippen LogP contribution in [0.25, 0.3) is 0 Å². The molecule has 302 valence electrons. The van der Waals surface area contributed by atoms with Crippen molar-refractivity contribution in [3.8, 4) is 0 Å². The molecule has 6 N–H and O–H groups in total. The number of hydrogen-bond donors (Lipinski definition) is 5. The van der Waals surface area contributed by atoms with E-state index in [9.17, 15) is 33.9 Å². The molecular formula is C37H68N4O11. The average molecular weight is 745 g/mol. The van der Waals surface area contributed by atoms with Crippen LogP contribution in [0.15, 0.2) is 0 Å². The molecule has 0 aromatic rings. The lowest BCUT2D eigenvalue weighted by Gasteiger charge is -2.14. The fourth-order valence-corrected chi connectivity index (χ4v) is 5.16. The molecule has 0 aliphatic heterocycles. The number of carboxylic acid groups (broad SMARTS) is 1. The normalized spacial score (nSPS) is 11.5. The van der Waals surface area contributed by atoms with Gasteiger partial charge in [0.2, 0.25) is 23.6 Å². The van der Waals surface area contributed by atoms with E-state index in [4.69, 9.17) is 24.7 Å². The standard InChI is InChI=1S/C37H68N4O11/c38-33(43)30-52-31-36(46)40-22-17-25-50-27-29-51-28-26-49-24-16-21-39-34(44)20-19-32(37(47)48)41-35(45)18-14-12-10-8-6-4-2-1-3-5-7-9-11-13-15-23-42/h23,32H,1-22,24-31H2,(H2,38,43)(H,39,44)(H,40,46)(H,41,45)(H,47,48). The first-order valence-corrected chi connectivity index (χ1v) is 19.3. The molecule has 0 bridgehead atoms. The summed E-state index contributed by atoms with van der Waals surface area (Å²) in [6.45, 7) is 2.78. The molecule has 0 spiro atoms. The molecule has 0 aliphatic carbocycles. The number of aldehydes is 1. The van der Waals surface area contributed by atoms with Crippen LogP contribution in [-0.2, 0) is 47.7 Å². The number of unbranched alkanes of at least 4 members (excludes halogenated alkanes) is 14. The van der Waals surface area contributed by atoms with E-state index in [0.717, 1.165) is 44.8 Å². The van der Waals surface area contributed by atoms with Crippen LogP contribution in [0.3, 0.4) is 0 Å². The van der Waals surface area contributed by atoms with Crippen molar-refractivity contribution in [2.24, 2.45) is 5.73 Å². The summed E-state index contributed by atoms with van der Waals surface area (Å²) < 4.78 is 21.1. The Labute approximate surface area is 310 Å². The maximum absolute atomic E-state index is 12.3. The highest BCUT2D eigenvalue weighted by molar-refractivity contribution is 5.84. The fraction of sp³-hybridized carbons (Fsp3) is 0.838. The van der Waals surface area contributed by atoms with Gasteiger partial charge < -0.3 is 50.5 Å². The quantitative estimate of drug-likeness (QED) is 0.0452. The van der Waals surface area contributed by atoms with Gasteiger partial charge in [0.1, 0.15) is 25.5 Å². The third kappa shape index (κ3) is 36.6. The number of carboxylic acids is 1. The van der Waals surface area contributed by atoms with E-state index in [0.29, 0.717) is 72.0 Å². The minimum atomic E-state index is -1.15. The van der Waals surface area contributed by atoms with E-state index >= 15 is 0 Å². The molecule has 1 unspecified atom stereocenters. The number of nitrogens with two attached hydrogens (primary N) is 1. The van der Waals surface area contributed by atoms with Crippen molar-refractivity contribution in [3.63, 3.8) is 0 Å². The molecule has 0 saturated carbocycles. The van der Waals surface area contributed by atoms with Gasteiger partial charge in [-0.05, 0) is 32.1 Å². The lowest BCUT2D eigenvalue weighted by atomic mass is 10.0. The number of carbonyl (C=O) groups excluding carboxylic acids is 5. The first-order valence-electron chi connectivity index (χ1n) is 19.3. The Morgan fingerprint density at radius 1 is 0.538 bits per heavy atom. The van der Waals surface area contributed by atoms with Crippen LogP contribution in [0.2, 0.25) is 0 Å². The molecule has 0 rings (SSSR count). The number of aliphatic carboxylic acids is 1. The molecule has 52 heavy (non-hydrogen) atoms. The predicted molar refractivity (Wildman–Crippen MR) is 196 cm³/mol. The summed E-state index contributed by atoms with van der Waals surface area (Å²) in [6.07, 6.45) is 19.3. The van der Waals surface area contributed by atoms with Gasteiger partial charge in [0, 0.05) is 45.6 Å². The highest BCUT2D eigenvalue weighted by atomic mass is 16.5. The zero-order valence-corrected chi connectivity index (χ0v) is 31.5. The molecule has 0 saturated heterocycles. The van der Waals surface area contributed by atoms with Gasteiger partial charge in [-0.2, -0.15) is 0 Å². The molecule has 0 aromatic carbocycles. The smallest absolute Gasteiger partial charge is 0.326 e. The van der Waals surface area contributed by atoms with Gasteiger partial charge in [0.15, 0.2) is 0 Å². The Morgan fingerprint density at radius 3 is 1.48 bits per heavy atom. The molecule has 0 aromatic heterocycles. The minimum Gasteiger partial charge on any atom is -0.480 e. The van der Waals surface area contributed by atoms with E-state index in [1.54, 1.807) is 0 Å². The zero-order valence-electron chi connectivity index (χ0n) is 31.5. The monoisotopic (exact) mass is 744 g/mol. The molecule has 0 aliphatic rings. The van der Waals surface area contributed by atoms with Gasteiger partial charge in [0.05, 0.1) is 26.4 Å². The second-order valence-electron chi connectivity index (χ2n) is 12.9. The summed E-state index contributed by atoms with van der Waals surface area (Å²) in [5.41, 5.74) is 4.92. The molecule has 0 heterocycles. The summed E-state index contributed by atoms with van der Waals surface area (Å²) in [7, 11) is 0. The molecular weight excluding hydrogens is 676 g/mol. The lowest BCUT2D eigenvalue weighted by molar-refractivity contribution is -0.142. The van der Waals surface area contributed by atoms with Crippen LogP contribution >= 0.6 is 0 Å². The van der Waals surface area contributed by atoms with Gasteiger partial charge >= 0.3 is 5.97 Å². The maximum atomic E-state index is 12.3. The van der Waals surface area contributed by atoms with Crippen molar-refractivity contribution < 1.29 is 52.8 Å². The Morgan fingerprint density at radius 2 is 1.00 bits per heavy atom. The van der Waals surface area contributed by atoms with Crippen molar-refractivity contribution in [1.82, 2.24) is 16.0 Å². The molecule has 1 atom stereocenters. The average Bonchev–Trinajstić information content (AvgIpc) is 3.11. The second kappa shape index (κ2) is 37.6. The number of ether oxygens (including phenoxy) is 4. The van der Waals surface area contributed by atoms with Crippen LogP contribution in [0.4, 0.5) is 0 Å². The maximum Gasteiger partial charge on any atom is 0.326 e. The zero-order chi connectivity index (χ0) is 38.3. The lowest BCUT2D eigenvalue weighted by Crippen LogP contribution is -2.41. The van der Waals surface area contributed by atoms with Crippen LogP contribution in [0.5, 0.6) is 0 Å². The number of primary amides is 1. The van der Waals surface area contributed by atoms with Gasteiger partial charge in [-0.1, -0.05) is 77.0 Å². The second-order valence-corrected chi connectivity index (χ2v) is 12.9. The third-order valence-corrected chi connectivity index (χ3v) is 8.07. The summed E-state index contributed by atoms with van der Waals surface area (Å²) in [5, 5.41) is 17.4. The molecule has 0 fully saturated rings. The number of rotatable bonds is 40. The van der Waals surface area contributed by atoms with Crippen LogP contribution in [-0.4, -0.2) is 113 Å². The highest BCUT2D eigenvalue weighted by Gasteiger charge is 2.20. The third-order valence-electron chi connectivity index (χ3n) is 8.07. The Kier molecular flexibility index (Phi) is 35.3. The van der Waals surface area contributed by atoms with Crippen molar-refractivity contribution in [2.45, 2.75) is 134 Å². The van der Waals surface area contributed by atoms with E-state index in [2.05, 4.69) is 16.0 Å². The summed E-state index contributed by atoms with van der Waals surface area (Å²) in [6, 6.07) is -1.09. The molecule has 15 nitrogen and oxygen atoms in total. The first kappa shape index (κ1) is 48.9. The topological polar surface area (TPSA) is 222 Å². The number of hydrogen-bond acceptors (Lipinski definition) is 10. The van der Waals surface area contributed by atoms with E-state index in [1.165, 1.54) is 51.4 Å². The van der Waals surface area contributed by atoms with Crippen molar-refractivity contribution in [1.29, 1.82) is 0 Å². The van der Waals surface area contributed by atoms with Crippen LogP contribution in [0, 0.1) is 0 Å². The van der Waals surface area contributed by atoms with Crippen molar-refractivity contribution in [2.75, 3.05) is 65.9 Å². The van der Waals surface area contributed by atoms with Crippen LogP contribution < -0.4 is 21.7 Å². The van der Waals surface area contributed by atoms with Crippen LogP contribution in [0.1, 0.15) is 128 Å². The summed E-state index contributed by atoms with van der Waals surface area (Å²) in [4.78, 5) is 68.4. The molecule has 4 amide bonds. The van der Waals surface area contributed by atoms with Crippen molar-refractivity contribution >= 4 is 35.9 Å². The van der Waals surface area contributed by atoms with E-state index < -0.39 is 17.9 Å². The van der Waals surface area contributed by atoms with E-state index in [1.807, 2.05) is 0 Å². The highest BCUT2D eigenvalue weighted by Crippen LogP contribution is 2.14. The molecule has 0 radical (unpaired) electrons. The summed E-state index contributed by atoms with van der Waals surface area (Å²) in [5.74, 6) is -2.68. The fourth-order valence-electron chi connectivity index (χ4n) is 5.16. The number of nitrogens with one attached hydrogen (secondary N) is 3. The van der Waals surface area contributed by atoms with Gasteiger partial charge in [-0.25, -0.2) is 4.79 Å². The number of amides is 4. The number of carbonyl (C=O) groups is 6. The Hall–Kier alpha value is -3.14. The van der Waals surface area contributed by atoms with Gasteiger partial charge in [-0.3, -0.25) is 19.2 Å². The largest absolute Gasteiger partial charge is 0.480 e. The van der Waals surface area contributed by atoms with Gasteiger partial charge in [0.25, 0.3) is 0 Å². The van der Waals surface area contributed by atoms with E-state index in [-0.39, 0.29) is 50.2 Å². The SMILES string of the molecule is NC(=O)COCC(=O)NCCCOCCOCCOCCCNC(=O)CCC(NC(=O)CCCCCCCCCCCCCCCCC=O)C(=O)O. The first-order chi connectivity index (χ1) is 25.3. The predicted octanol–water partition coefficient (Wildman–Crippen LogP) is 3.34. The Bertz CT molecular complexity index is 939. The molecule has 15 heteroatoms. The Balaban J connectivity index is 3.60.